The molecule has 0 saturated carbocycles. The molecule has 2 rings (SSSR count). The molecule has 20 heavy (non-hydrogen) atoms. The average molecular weight is 278 g/mol. The molecule has 1 aliphatic heterocycles. The molecule has 1 aliphatic rings. The van der Waals surface area contributed by atoms with Gasteiger partial charge in [-0.25, -0.2) is 0 Å². The summed E-state index contributed by atoms with van der Waals surface area (Å²) in [6.07, 6.45) is 6.35. The van der Waals surface area contributed by atoms with E-state index < -0.39 is 0 Å². The molecule has 0 bridgehead atoms. The van der Waals surface area contributed by atoms with Crippen molar-refractivity contribution in [2.75, 3.05) is 13.1 Å². The molecule has 2 heterocycles. The number of hydrogen-bond acceptors (Lipinski definition) is 3. The molecule has 1 unspecified atom stereocenters. The van der Waals surface area contributed by atoms with Crippen LogP contribution in [0.5, 0.6) is 0 Å². The lowest BCUT2D eigenvalue weighted by atomic mass is 9.74. The predicted molar refractivity (Wildman–Crippen MR) is 79.5 cm³/mol. The lowest BCUT2D eigenvalue weighted by Crippen LogP contribution is -2.50. The van der Waals surface area contributed by atoms with Crippen molar-refractivity contribution in [3.05, 3.63) is 24.2 Å². The second-order valence-corrected chi connectivity index (χ2v) is 5.94. The van der Waals surface area contributed by atoms with Crippen molar-refractivity contribution in [3.63, 3.8) is 0 Å². The SMILES string of the molecule is CCCC1(C(=O)NC(C)Cc2ccco2)CCNCC1. The number of piperidine rings is 1. The van der Waals surface area contributed by atoms with E-state index in [2.05, 4.69) is 17.6 Å². The van der Waals surface area contributed by atoms with Crippen LogP contribution >= 0.6 is 0 Å². The summed E-state index contributed by atoms with van der Waals surface area (Å²) in [6.45, 7) is 6.09. The summed E-state index contributed by atoms with van der Waals surface area (Å²) in [4.78, 5) is 12.7. The average Bonchev–Trinajstić information content (AvgIpc) is 2.92. The lowest BCUT2D eigenvalue weighted by Gasteiger charge is -2.37. The van der Waals surface area contributed by atoms with Gasteiger partial charge in [0.2, 0.25) is 5.91 Å². The highest BCUT2D eigenvalue weighted by Gasteiger charge is 2.38. The Hall–Kier alpha value is -1.29. The zero-order valence-electron chi connectivity index (χ0n) is 12.6. The summed E-state index contributed by atoms with van der Waals surface area (Å²) < 4.78 is 5.34. The van der Waals surface area contributed by atoms with E-state index in [0.29, 0.717) is 0 Å². The van der Waals surface area contributed by atoms with Gasteiger partial charge in [0.05, 0.1) is 11.7 Å². The summed E-state index contributed by atoms with van der Waals surface area (Å²) in [5.74, 6) is 1.15. The van der Waals surface area contributed by atoms with Gasteiger partial charge < -0.3 is 15.1 Å². The van der Waals surface area contributed by atoms with Crippen molar-refractivity contribution >= 4 is 5.91 Å². The fourth-order valence-electron chi connectivity index (χ4n) is 3.13. The zero-order chi connectivity index (χ0) is 14.4. The number of nitrogens with one attached hydrogen (secondary N) is 2. The first-order valence-electron chi connectivity index (χ1n) is 7.70. The van der Waals surface area contributed by atoms with Crippen molar-refractivity contribution in [3.8, 4) is 0 Å². The van der Waals surface area contributed by atoms with Gasteiger partial charge in [-0.05, 0) is 51.4 Å². The summed E-state index contributed by atoms with van der Waals surface area (Å²) in [5, 5.41) is 6.53. The van der Waals surface area contributed by atoms with Crippen LogP contribution in [-0.4, -0.2) is 25.0 Å². The largest absolute Gasteiger partial charge is 0.469 e. The van der Waals surface area contributed by atoms with Crippen LogP contribution in [0.2, 0.25) is 0 Å². The number of rotatable bonds is 6. The van der Waals surface area contributed by atoms with Crippen LogP contribution in [0.15, 0.2) is 22.8 Å². The number of hydrogen-bond donors (Lipinski definition) is 2. The summed E-state index contributed by atoms with van der Waals surface area (Å²) in [7, 11) is 0. The van der Waals surface area contributed by atoms with E-state index in [1.165, 1.54) is 0 Å². The van der Waals surface area contributed by atoms with Crippen molar-refractivity contribution in [1.29, 1.82) is 0 Å². The van der Waals surface area contributed by atoms with Gasteiger partial charge in [0, 0.05) is 12.5 Å². The van der Waals surface area contributed by atoms with Crippen LogP contribution in [-0.2, 0) is 11.2 Å². The highest BCUT2D eigenvalue weighted by molar-refractivity contribution is 5.83. The molecule has 4 heteroatoms. The maximum Gasteiger partial charge on any atom is 0.226 e. The molecule has 1 aromatic rings. The minimum absolute atomic E-state index is 0.109. The summed E-state index contributed by atoms with van der Waals surface area (Å²) >= 11 is 0. The van der Waals surface area contributed by atoms with Gasteiger partial charge >= 0.3 is 0 Å². The molecule has 112 valence electrons. The summed E-state index contributed by atoms with van der Waals surface area (Å²) in [6, 6.07) is 3.95. The van der Waals surface area contributed by atoms with Gasteiger partial charge in [-0.3, -0.25) is 4.79 Å². The van der Waals surface area contributed by atoms with Gasteiger partial charge in [0.1, 0.15) is 5.76 Å². The monoisotopic (exact) mass is 278 g/mol. The third-order valence-corrected chi connectivity index (χ3v) is 4.24. The molecule has 0 radical (unpaired) electrons. The van der Waals surface area contributed by atoms with E-state index >= 15 is 0 Å². The molecule has 1 aromatic heterocycles. The quantitative estimate of drug-likeness (QED) is 0.840. The highest BCUT2D eigenvalue weighted by Crippen LogP contribution is 2.34. The third kappa shape index (κ3) is 3.63. The molecular weight excluding hydrogens is 252 g/mol. The Morgan fingerprint density at radius 1 is 1.50 bits per heavy atom. The second-order valence-electron chi connectivity index (χ2n) is 5.94. The fourth-order valence-corrected chi connectivity index (χ4v) is 3.13. The molecule has 1 saturated heterocycles. The van der Waals surface area contributed by atoms with Crippen molar-refractivity contribution in [2.45, 2.75) is 52.0 Å². The maximum absolute atomic E-state index is 12.7. The van der Waals surface area contributed by atoms with Gasteiger partial charge in [-0.1, -0.05) is 13.3 Å². The highest BCUT2D eigenvalue weighted by atomic mass is 16.3. The first kappa shape index (κ1) is 15.1. The van der Waals surface area contributed by atoms with Gasteiger partial charge in [-0.15, -0.1) is 0 Å². The van der Waals surface area contributed by atoms with Crippen LogP contribution in [0.1, 0.15) is 45.3 Å². The molecule has 1 atom stereocenters. The first-order chi connectivity index (χ1) is 9.66. The number of furan rings is 1. The van der Waals surface area contributed by atoms with Gasteiger partial charge in [0.25, 0.3) is 0 Å². The van der Waals surface area contributed by atoms with E-state index in [0.717, 1.165) is 51.0 Å². The van der Waals surface area contributed by atoms with E-state index in [9.17, 15) is 4.79 Å². The first-order valence-corrected chi connectivity index (χ1v) is 7.70. The Labute approximate surface area is 121 Å². The fraction of sp³-hybridized carbons (Fsp3) is 0.688. The Morgan fingerprint density at radius 2 is 2.25 bits per heavy atom. The molecule has 0 aromatic carbocycles. The Kier molecular flexibility index (Phi) is 5.24. The topological polar surface area (TPSA) is 54.3 Å². The normalized spacial score (nSPS) is 19.5. The van der Waals surface area contributed by atoms with Crippen LogP contribution in [0, 0.1) is 5.41 Å². The molecule has 2 N–H and O–H groups in total. The molecule has 0 aliphatic carbocycles. The van der Waals surface area contributed by atoms with Crippen LogP contribution in [0.3, 0.4) is 0 Å². The number of carbonyl (C=O) groups is 1. The maximum atomic E-state index is 12.7. The molecular formula is C16H26N2O2. The van der Waals surface area contributed by atoms with Crippen molar-refractivity contribution < 1.29 is 9.21 Å². The zero-order valence-corrected chi connectivity index (χ0v) is 12.6. The lowest BCUT2D eigenvalue weighted by molar-refractivity contribution is -0.133. The molecule has 4 nitrogen and oxygen atoms in total. The van der Waals surface area contributed by atoms with Crippen LogP contribution in [0.4, 0.5) is 0 Å². The predicted octanol–water partition coefficient (Wildman–Crippen LogP) is 2.50. The summed E-state index contributed by atoms with van der Waals surface area (Å²) in [5.41, 5.74) is -0.169. The Bertz CT molecular complexity index is 403. The van der Waals surface area contributed by atoms with Crippen LogP contribution < -0.4 is 10.6 Å². The third-order valence-electron chi connectivity index (χ3n) is 4.24. The molecule has 1 fully saturated rings. The van der Waals surface area contributed by atoms with E-state index in [1.54, 1.807) is 6.26 Å². The van der Waals surface area contributed by atoms with Crippen molar-refractivity contribution in [1.82, 2.24) is 10.6 Å². The van der Waals surface area contributed by atoms with E-state index in [1.807, 2.05) is 19.1 Å². The molecule has 0 spiro atoms. The van der Waals surface area contributed by atoms with Crippen molar-refractivity contribution in [2.24, 2.45) is 5.41 Å². The van der Waals surface area contributed by atoms with E-state index in [4.69, 9.17) is 4.42 Å². The molecule has 1 amide bonds. The van der Waals surface area contributed by atoms with Gasteiger partial charge in [0.15, 0.2) is 0 Å². The minimum Gasteiger partial charge on any atom is -0.469 e. The Balaban J connectivity index is 1.93. The van der Waals surface area contributed by atoms with E-state index in [-0.39, 0.29) is 17.4 Å². The number of carbonyl (C=O) groups excluding carboxylic acids is 1. The standard InChI is InChI=1S/C16H26N2O2/c1-3-6-16(7-9-17-10-8-16)15(19)18-13(2)12-14-5-4-11-20-14/h4-5,11,13,17H,3,6-10,12H2,1-2H3,(H,18,19). The van der Waals surface area contributed by atoms with Gasteiger partial charge in [-0.2, -0.15) is 0 Å². The van der Waals surface area contributed by atoms with Crippen LogP contribution in [0.25, 0.3) is 0 Å². The number of amides is 1. The smallest absolute Gasteiger partial charge is 0.226 e. The minimum atomic E-state index is -0.169. The second kappa shape index (κ2) is 6.93. The Morgan fingerprint density at radius 3 is 2.85 bits per heavy atom.